The van der Waals surface area contributed by atoms with Crippen molar-refractivity contribution in [1.82, 2.24) is 15.0 Å². The highest BCUT2D eigenvalue weighted by molar-refractivity contribution is 5.93. The third-order valence-corrected chi connectivity index (χ3v) is 3.51. The summed E-state index contributed by atoms with van der Waals surface area (Å²) in [6, 6.07) is 1.83. The quantitative estimate of drug-likeness (QED) is 0.889. The van der Waals surface area contributed by atoms with E-state index in [1.165, 1.54) is 0 Å². The van der Waals surface area contributed by atoms with Crippen LogP contribution in [0.5, 0.6) is 0 Å². The van der Waals surface area contributed by atoms with E-state index < -0.39 is 0 Å². The van der Waals surface area contributed by atoms with Gasteiger partial charge in [-0.3, -0.25) is 0 Å². The van der Waals surface area contributed by atoms with Gasteiger partial charge in [-0.15, -0.1) is 0 Å². The Hall–Kier alpha value is -1.95. The van der Waals surface area contributed by atoms with Crippen LogP contribution in [0.1, 0.15) is 18.4 Å². The van der Waals surface area contributed by atoms with Crippen molar-refractivity contribution in [3.8, 4) is 0 Å². The van der Waals surface area contributed by atoms with Gasteiger partial charge in [-0.05, 0) is 13.3 Å². The fourth-order valence-corrected chi connectivity index (χ4v) is 2.60. The Kier molecular flexibility index (Phi) is 3.40. The number of aromatic nitrogens is 3. The number of nitrogens with zero attached hydrogens (tertiary/aromatic N) is 4. The minimum absolute atomic E-state index is 0.514. The van der Waals surface area contributed by atoms with Crippen LogP contribution in [0.25, 0.3) is 10.9 Å². The van der Waals surface area contributed by atoms with Crippen molar-refractivity contribution >= 4 is 22.5 Å². The first kappa shape index (κ1) is 13.1. The molecule has 0 bridgehead atoms. The van der Waals surface area contributed by atoms with Gasteiger partial charge in [0.1, 0.15) is 17.5 Å². The molecule has 20 heavy (non-hydrogen) atoms. The molecular weight excluding hydrogens is 254 g/mol. The summed E-state index contributed by atoms with van der Waals surface area (Å²) in [5.41, 5.74) is 7.71. The maximum Gasteiger partial charge on any atom is 0.142 e. The highest BCUT2D eigenvalue weighted by Gasteiger charge is 2.19. The second-order valence-electron chi connectivity index (χ2n) is 4.94. The summed E-state index contributed by atoms with van der Waals surface area (Å²) in [5.74, 6) is 2.23. The number of nitrogens with two attached hydrogens (primary N) is 1. The predicted octanol–water partition coefficient (Wildman–Crippen LogP) is 1.31. The Labute approximate surface area is 118 Å². The van der Waals surface area contributed by atoms with Crippen LogP contribution in [-0.2, 0) is 11.2 Å². The molecule has 1 aliphatic rings. The van der Waals surface area contributed by atoms with E-state index in [2.05, 4.69) is 26.8 Å². The van der Waals surface area contributed by atoms with E-state index in [0.29, 0.717) is 5.82 Å². The third kappa shape index (κ3) is 2.27. The van der Waals surface area contributed by atoms with E-state index in [-0.39, 0.29) is 0 Å². The number of pyridine rings is 1. The van der Waals surface area contributed by atoms with E-state index in [1.807, 2.05) is 13.0 Å². The molecule has 0 saturated carbocycles. The van der Waals surface area contributed by atoms with Gasteiger partial charge in [-0.25, -0.2) is 15.0 Å². The number of fused-ring (bicyclic) bond motifs is 1. The van der Waals surface area contributed by atoms with Crippen LogP contribution in [0, 0.1) is 6.92 Å². The lowest BCUT2D eigenvalue weighted by Gasteiger charge is -2.29. The number of anilines is 2. The van der Waals surface area contributed by atoms with Crippen LogP contribution >= 0.6 is 0 Å². The second-order valence-corrected chi connectivity index (χ2v) is 4.94. The molecule has 1 saturated heterocycles. The summed E-state index contributed by atoms with van der Waals surface area (Å²) in [5, 5.41) is 1.02. The maximum absolute atomic E-state index is 5.87. The Balaban J connectivity index is 2.23. The summed E-state index contributed by atoms with van der Waals surface area (Å²) < 4.78 is 5.42. The van der Waals surface area contributed by atoms with Gasteiger partial charge in [-0.2, -0.15) is 0 Å². The Morgan fingerprint density at radius 1 is 1.25 bits per heavy atom. The highest BCUT2D eigenvalue weighted by atomic mass is 16.5. The number of hydrogen-bond donors (Lipinski definition) is 1. The SMILES string of the molecule is CCc1nc(N)cc2nc(C)nc(N3CCOCC3)c12. The molecule has 0 atom stereocenters. The van der Waals surface area contributed by atoms with E-state index in [0.717, 1.165) is 61.0 Å². The van der Waals surface area contributed by atoms with Gasteiger partial charge >= 0.3 is 0 Å². The zero-order chi connectivity index (χ0) is 14.1. The maximum atomic E-state index is 5.87. The molecule has 0 unspecified atom stereocenters. The first-order valence-electron chi connectivity index (χ1n) is 6.95. The van der Waals surface area contributed by atoms with Crippen LogP contribution in [-0.4, -0.2) is 41.3 Å². The molecule has 0 radical (unpaired) electrons. The second kappa shape index (κ2) is 5.20. The fraction of sp³-hybridized carbons (Fsp3) is 0.500. The van der Waals surface area contributed by atoms with Crippen LogP contribution in [0.15, 0.2) is 6.07 Å². The minimum Gasteiger partial charge on any atom is -0.384 e. The topological polar surface area (TPSA) is 77.2 Å². The van der Waals surface area contributed by atoms with Crippen molar-refractivity contribution in [3.63, 3.8) is 0 Å². The first-order chi connectivity index (χ1) is 9.69. The molecule has 6 nitrogen and oxygen atoms in total. The molecule has 2 N–H and O–H groups in total. The van der Waals surface area contributed by atoms with Gasteiger partial charge in [-0.1, -0.05) is 6.92 Å². The molecule has 1 aliphatic heterocycles. The summed E-state index contributed by atoms with van der Waals surface area (Å²) in [4.78, 5) is 15.8. The minimum atomic E-state index is 0.514. The molecule has 6 heteroatoms. The zero-order valence-electron chi connectivity index (χ0n) is 11.9. The van der Waals surface area contributed by atoms with Crippen LogP contribution in [0.2, 0.25) is 0 Å². The lowest BCUT2D eigenvalue weighted by atomic mass is 10.1. The number of aryl methyl sites for hydroxylation is 2. The number of ether oxygens (including phenoxy) is 1. The summed E-state index contributed by atoms with van der Waals surface area (Å²) in [6.07, 6.45) is 0.811. The molecular formula is C14H19N5O. The average Bonchev–Trinajstić information content (AvgIpc) is 2.46. The van der Waals surface area contributed by atoms with Gasteiger partial charge < -0.3 is 15.4 Å². The lowest BCUT2D eigenvalue weighted by molar-refractivity contribution is 0.122. The number of rotatable bonds is 2. The molecule has 2 aromatic heterocycles. The molecule has 3 rings (SSSR count). The normalized spacial score (nSPS) is 15.8. The molecule has 0 spiro atoms. The van der Waals surface area contributed by atoms with Crippen LogP contribution in [0.3, 0.4) is 0 Å². The Morgan fingerprint density at radius 2 is 2.00 bits per heavy atom. The van der Waals surface area contributed by atoms with Crippen molar-refractivity contribution in [2.24, 2.45) is 0 Å². The van der Waals surface area contributed by atoms with Crippen molar-refractivity contribution < 1.29 is 4.74 Å². The zero-order valence-corrected chi connectivity index (χ0v) is 11.9. The molecule has 0 aliphatic carbocycles. The van der Waals surface area contributed by atoms with E-state index in [1.54, 1.807) is 0 Å². The van der Waals surface area contributed by atoms with Gasteiger partial charge in [0.25, 0.3) is 0 Å². The summed E-state index contributed by atoms with van der Waals surface area (Å²) in [7, 11) is 0. The van der Waals surface area contributed by atoms with Gasteiger partial charge in [0, 0.05) is 19.2 Å². The number of morpholine rings is 1. The molecule has 3 heterocycles. The standard InChI is InChI=1S/C14H19N5O/c1-3-10-13-11(8-12(15)18-10)16-9(2)17-14(13)19-4-6-20-7-5-19/h8H,3-7H2,1-2H3,(H2,15,18). The predicted molar refractivity (Wildman–Crippen MR) is 78.9 cm³/mol. The lowest BCUT2D eigenvalue weighted by Crippen LogP contribution is -2.37. The summed E-state index contributed by atoms with van der Waals surface area (Å²) >= 11 is 0. The van der Waals surface area contributed by atoms with E-state index in [4.69, 9.17) is 10.5 Å². The largest absolute Gasteiger partial charge is 0.384 e. The van der Waals surface area contributed by atoms with Crippen LogP contribution in [0.4, 0.5) is 11.6 Å². The van der Waals surface area contributed by atoms with Crippen molar-refractivity contribution in [2.45, 2.75) is 20.3 Å². The number of nitrogen functional groups attached to an aromatic ring is 1. The molecule has 0 amide bonds. The molecule has 106 valence electrons. The van der Waals surface area contributed by atoms with E-state index in [9.17, 15) is 0 Å². The summed E-state index contributed by atoms with van der Waals surface area (Å²) in [6.45, 7) is 7.14. The Bertz CT molecular complexity index is 632. The van der Waals surface area contributed by atoms with Gasteiger partial charge in [0.2, 0.25) is 0 Å². The molecule has 1 fully saturated rings. The van der Waals surface area contributed by atoms with Crippen molar-refractivity contribution in [3.05, 3.63) is 17.6 Å². The Morgan fingerprint density at radius 3 is 2.70 bits per heavy atom. The fourth-order valence-electron chi connectivity index (χ4n) is 2.60. The van der Waals surface area contributed by atoms with Crippen molar-refractivity contribution in [1.29, 1.82) is 0 Å². The first-order valence-corrected chi connectivity index (χ1v) is 6.95. The van der Waals surface area contributed by atoms with Crippen LogP contribution < -0.4 is 10.6 Å². The number of hydrogen-bond acceptors (Lipinski definition) is 6. The monoisotopic (exact) mass is 273 g/mol. The van der Waals surface area contributed by atoms with Gasteiger partial charge in [0.15, 0.2) is 0 Å². The molecule has 0 aromatic carbocycles. The van der Waals surface area contributed by atoms with Crippen molar-refractivity contribution in [2.75, 3.05) is 36.9 Å². The third-order valence-electron chi connectivity index (χ3n) is 3.51. The van der Waals surface area contributed by atoms with E-state index >= 15 is 0 Å². The average molecular weight is 273 g/mol. The molecule has 2 aromatic rings. The smallest absolute Gasteiger partial charge is 0.142 e. The highest BCUT2D eigenvalue weighted by Crippen LogP contribution is 2.28. The van der Waals surface area contributed by atoms with Gasteiger partial charge in [0.05, 0.1) is 29.8 Å².